The monoisotopic (exact) mass is 209 g/mol. The van der Waals surface area contributed by atoms with E-state index in [0.717, 1.165) is 19.3 Å². The number of ether oxygens (including phenoxy) is 1. The van der Waals surface area contributed by atoms with Crippen LogP contribution in [0.15, 0.2) is 0 Å². The maximum Gasteiger partial charge on any atom is 0.329 e. The highest BCUT2D eigenvalue weighted by molar-refractivity contribution is 5.68. The molecule has 1 rings (SSSR count). The van der Waals surface area contributed by atoms with Gasteiger partial charge in [0.15, 0.2) is 0 Å². The van der Waals surface area contributed by atoms with E-state index in [4.69, 9.17) is 9.84 Å². The Morgan fingerprint density at radius 1 is 1.46 bits per heavy atom. The van der Waals surface area contributed by atoms with Crippen LogP contribution in [-0.4, -0.2) is 29.8 Å². The fourth-order valence-electron chi connectivity index (χ4n) is 1.57. The molecule has 2 unspecified atom stereocenters. The van der Waals surface area contributed by atoms with Gasteiger partial charge in [-0.25, -0.2) is 4.79 Å². The fourth-order valence-corrected chi connectivity index (χ4v) is 1.57. The molecule has 0 aromatic rings. The van der Waals surface area contributed by atoms with Crippen LogP contribution in [0.5, 0.6) is 0 Å². The molecule has 4 nitrogen and oxygen atoms in total. The van der Waals surface area contributed by atoms with E-state index in [1.807, 2.05) is 0 Å². The molecule has 0 amide bonds. The molecule has 13 heavy (non-hydrogen) atoms. The van der Waals surface area contributed by atoms with Crippen molar-refractivity contribution in [3.05, 3.63) is 0 Å². The zero-order valence-corrected chi connectivity index (χ0v) is 8.29. The standard InChI is InChI=1S/C8H15NO3.ClH/c9-6-3-1-2-4-7(6)12-5-8(10)11;/h6-7H,1-5,9H2,(H,10,11);1H. The van der Waals surface area contributed by atoms with Crippen molar-refractivity contribution < 1.29 is 32.8 Å². The molecule has 5 heteroatoms. The molecule has 0 aromatic carbocycles. The Balaban J connectivity index is 0.00000144. The first-order valence-electron chi connectivity index (χ1n) is 4.36. The van der Waals surface area contributed by atoms with Crippen molar-refractivity contribution in [2.75, 3.05) is 6.61 Å². The minimum atomic E-state index is -0.896. The largest absolute Gasteiger partial charge is 1.00 e. The molecular weight excluding hydrogens is 194 g/mol. The lowest BCUT2D eigenvalue weighted by molar-refractivity contribution is -0.444. The van der Waals surface area contributed by atoms with Gasteiger partial charge in [0.2, 0.25) is 0 Å². The second-order valence-corrected chi connectivity index (χ2v) is 3.29. The van der Waals surface area contributed by atoms with E-state index in [1.165, 1.54) is 6.42 Å². The minimum Gasteiger partial charge on any atom is -1.00 e. The highest BCUT2D eigenvalue weighted by Crippen LogP contribution is 2.18. The predicted octanol–water partition coefficient (Wildman–Crippen LogP) is -3.36. The zero-order valence-electron chi connectivity index (χ0n) is 7.54. The molecule has 1 saturated carbocycles. The fraction of sp³-hybridized carbons (Fsp3) is 0.875. The minimum absolute atomic E-state index is 0. The van der Waals surface area contributed by atoms with Crippen molar-refractivity contribution >= 4 is 5.97 Å². The number of hydrogen-bond donors (Lipinski definition) is 2. The van der Waals surface area contributed by atoms with Crippen LogP contribution < -0.4 is 18.1 Å². The molecule has 78 valence electrons. The summed E-state index contributed by atoms with van der Waals surface area (Å²) < 4.78 is 5.19. The third kappa shape index (κ3) is 4.45. The van der Waals surface area contributed by atoms with E-state index < -0.39 is 5.97 Å². The smallest absolute Gasteiger partial charge is 0.329 e. The van der Waals surface area contributed by atoms with E-state index in [1.54, 1.807) is 0 Å². The summed E-state index contributed by atoms with van der Waals surface area (Å²) in [7, 11) is 0. The second kappa shape index (κ2) is 6.18. The lowest BCUT2D eigenvalue weighted by atomic mass is 9.93. The van der Waals surface area contributed by atoms with Crippen LogP contribution in [-0.2, 0) is 9.53 Å². The second-order valence-electron chi connectivity index (χ2n) is 3.29. The quantitative estimate of drug-likeness (QED) is 0.510. The SMILES string of the molecule is [Cl-].[NH3+]C1CCCCC1OCC(=O)O. The van der Waals surface area contributed by atoms with Gasteiger partial charge in [0.25, 0.3) is 0 Å². The van der Waals surface area contributed by atoms with Crippen LogP contribution in [0.4, 0.5) is 0 Å². The highest BCUT2D eigenvalue weighted by Gasteiger charge is 2.25. The van der Waals surface area contributed by atoms with Gasteiger partial charge in [-0.2, -0.15) is 0 Å². The topological polar surface area (TPSA) is 74.2 Å². The van der Waals surface area contributed by atoms with E-state index in [9.17, 15) is 4.79 Å². The molecular formula is C8H16ClNO3. The van der Waals surface area contributed by atoms with Gasteiger partial charge in [-0.3, -0.25) is 0 Å². The average molecular weight is 210 g/mol. The molecule has 0 radical (unpaired) electrons. The van der Waals surface area contributed by atoms with Crippen molar-refractivity contribution in [2.45, 2.75) is 37.8 Å². The molecule has 2 atom stereocenters. The van der Waals surface area contributed by atoms with E-state index >= 15 is 0 Å². The van der Waals surface area contributed by atoms with E-state index in [-0.39, 0.29) is 31.2 Å². The van der Waals surface area contributed by atoms with Crippen molar-refractivity contribution in [1.82, 2.24) is 0 Å². The van der Waals surface area contributed by atoms with Crippen molar-refractivity contribution in [2.24, 2.45) is 0 Å². The van der Waals surface area contributed by atoms with Gasteiger partial charge in [0.05, 0.1) is 0 Å². The Labute approximate surface area is 83.9 Å². The van der Waals surface area contributed by atoms with Crippen LogP contribution in [0.1, 0.15) is 25.7 Å². The summed E-state index contributed by atoms with van der Waals surface area (Å²) in [6, 6.07) is 0.276. The van der Waals surface area contributed by atoms with Crippen molar-refractivity contribution in [3.63, 3.8) is 0 Å². The summed E-state index contributed by atoms with van der Waals surface area (Å²) in [6.07, 6.45) is 4.42. The Bertz CT molecular complexity index is 165. The van der Waals surface area contributed by atoms with Crippen LogP contribution in [0, 0.1) is 0 Å². The Kier molecular flexibility index (Phi) is 6.03. The van der Waals surface area contributed by atoms with Crippen LogP contribution in [0.25, 0.3) is 0 Å². The molecule has 1 aliphatic carbocycles. The normalized spacial score (nSPS) is 27.8. The average Bonchev–Trinajstić information content (AvgIpc) is 2.03. The number of hydrogen-bond acceptors (Lipinski definition) is 2. The first kappa shape index (κ1) is 12.7. The van der Waals surface area contributed by atoms with Crippen molar-refractivity contribution in [1.29, 1.82) is 0 Å². The summed E-state index contributed by atoms with van der Waals surface area (Å²) in [5.74, 6) is -0.896. The number of halogens is 1. The maximum absolute atomic E-state index is 10.2. The molecule has 0 spiro atoms. The predicted molar refractivity (Wildman–Crippen MR) is 42.5 cm³/mol. The molecule has 1 aliphatic rings. The van der Waals surface area contributed by atoms with Crippen LogP contribution in [0.2, 0.25) is 0 Å². The van der Waals surface area contributed by atoms with Gasteiger partial charge in [-0.05, 0) is 12.8 Å². The summed E-state index contributed by atoms with van der Waals surface area (Å²) in [5.41, 5.74) is 3.94. The van der Waals surface area contributed by atoms with E-state index in [2.05, 4.69) is 5.73 Å². The molecule has 0 saturated heterocycles. The van der Waals surface area contributed by atoms with Gasteiger partial charge in [-0.1, -0.05) is 6.42 Å². The van der Waals surface area contributed by atoms with E-state index in [0.29, 0.717) is 0 Å². The first-order chi connectivity index (χ1) is 5.70. The molecule has 1 fully saturated rings. The summed E-state index contributed by atoms with van der Waals surface area (Å²) in [4.78, 5) is 10.2. The lowest BCUT2D eigenvalue weighted by Gasteiger charge is -2.25. The number of quaternary nitrogens is 1. The molecule has 0 heterocycles. The Hall–Kier alpha value is -0.320. The third-order valence-corrected chi connectivity index (χ3v) is 2.26. The number of rotatable bonds is 3. The zero-order chi connectivity index (χ0) is 8.97. The Morgan fingerprint density at radius 2 is 2.08 bits per heavy atom. The summed E-state index contributed by atoms with van der Waals surface area (Å²) in [6.45, 7) is -0.184. The first-order valence-corrected chi connectivity index (χ1v) is 4.36. The van der Waals surface area contributed by atoms with Crippen molar-refractivity contribution in [3.8, 4) is 0 Å². The number of aliphatic carboxylic acids is 1. The molecule has 4 N–H and O–H groups in total. The third-order valence-electron chi connectivity index (χ3n) is 2.26. The summed E-state index contributed by atoms with van der Waals surface area (Å²) >= 11 is 0. The number of carboxylic acids is 1. The van der Waals surface area contributed by atoms with Gasteiger partial charge in [0.1, 0.15) is 18.8 Å². The molecule has 0 bridgehead atoms. The summed E-state index contributed by atoms with van der Waals surface area (Å²) in [5, 5.41) is 8.38. The van der Waals surface area contributed by atoms with Gasteiger partial charge < -0.3 is 28.0 Å². The number of carbonyl (C=O) groups is 1. The highest BCUT2D eigenvalue weighted by atomic mass is 35.5. The maximum atomic E-state index is 10.2. The lowest BCUT2D eigenvalue weighted by Crippen LogP contribution is -3.00. The molecule has 0 aromatic heterocycles. The van der Waals surface area contributed by atoms with Crippen LogP contribution >= 0.6 is 0 Å². The van der Waals surface area contributed by atoms with Gasteiger partial charge in [0, 0.05) is 6.42 Å². The van der Waals surface area contributed by atoms with Crippen LogP contribution in [0.3, 0.4) is 0 Å². The van der Waals surface area contributed by atoms with Gasteiger partial charge in [-0.15, -0.1) is 0 Å². The number of carboxylic acid groups (broad SMARTS) is 1. The molecule has 0 aliphatic heterocycles. The Morgan fingerprint density at radius 3 is 2.62 bits per heavy atom. The van der Waals surface area contributed by atoms with Gasteiger partial charge >= 0.3 is 5.97 Å².